The molecule has 0 saturated carbocycles. The summed E-state index contributed by atoms with van der Waals surface area (Å²) in [4.78, 5) is 14.7. The van der Waals surface area contributed by atoms with Crippen molar-refractivity contribution in [3.8, 4) is 11.8 Å². The lowest BCUT2D eigenvalue weighted by molar-refractivity contribution is 0.0779. The minimum absolute atomic E-state index is 0.0372. The third kappa shape index (κ3) is 4.52. The quantitative estimate of drug-likeness (QED) is 0.848. The van der Waals surface area contributed by atoms with Crippen LogP contribution in [-0.2, 0) is 0 Å². The van der Waals surface area contributed by atoms with Gasteiger partial charge in [0.1, 0.15) is 0 Å². The number of amides is 1. The Labute approximate surface area is 112 Å². The van der Waals surface area contributed by atoms with Crippen LogP contribution >= 0.6 is 11.3 Å². The van der Waals surface area contributed by atoms with E-state index in [1.165, 1.54) is 11.3 Å². The van der Waals surface area contributed by atoms with Crippen molar-refractivity contribution >= 4 is 17.2 Å². The highest BCUT2D eigenvalue weighted by Crippen LogP contribution is 2.15. The maximum atomic E-state index is 12.1. The Morgan fingerprint density at radius 2 is 2.28 bits per heavy atom. The van der Waals surface area contributed by atoms with Crippen molar-refractivity contribution in [2.75, 3.05) is 20.2 Å². The first kappa shape index (κ1) is 14.7. The fraction of sp³-hybridized carbons (Fsp3) is 0.500. The van der Waals surface area contributed by atoms with Gasteiger partial charge in [-0.25, -0.2) is 0 Å². The fourth-order valence-electron chi connectivity index (χ4n) is 1.57. The van der Waals surface area contributed by atoms with E-state index in [0.29, 0.717) is 17.9 Å². The highest BCUT2D eigenvalue weighted by molar-refractivity contribution is 7.10. The van der Waals surface area contributed by atoms with Gasteiger partial charge in [0, 0.05) is 25.4 Å². The normalized spacial score (nSPS) is 10.1. The lowest BCUT2D eigenvalue weighted by Gasteiger charge is -2.18. The summed E-state index contributed by atoms with van der Waals surface area (Å²) in [5.74, 6) is 6.29. The van der Waals surface area contributed by atoms with E-state index in [0.717, 1.165) is 11.4 Å². The van der Waals surface area contributed by atoms with E-state index in [9.17, 15) is 4.79 Å². The third-order valence-electron chi connectivity index (χ3n) is 2.28. The number of nitrogens with zero attached hydrogens (tertiary/aromatic N) is 1. The predicted octanol–water partition coefficient (Wildman–Crippen LogP) is 2.21. The van der Waals surface area contributed by atoms with Crippen molar-refractivity contribution in [3.63, 3.8) is 0 Å². The van der Waals surface area contributed by atoms with Gasteiger partial charge in [0.2, 0.25) is 0 Å². The number of carbonyl (C=O) groups is 1. The SMILES string of the molecule is CC(C)CN(C)C(=O)c1csc(C#CCCO)c1. The Hall–Kier alpha value is -1.31. The van der Waals surface area contributed by atoms with Crippen LogP contribution in [0.25, 0.3) is 0 Å². The van der Waals surface area contributed by atoms with E-state index in [1.54, 1.807) is 4.90 Å². The van der Waals surface area contributed by atoms with Crippen LogP contribution in [0.15, 0.2) is 11.4 Å². The first-order valence-corrected chi connectivity index (χ1v) is 6.86. The second-order valence-electron chi connectivity index (χ2n) is 4.55. The number of aliphatic hydroxyl groups is 1. The van der Waals surface area contributed by atoms with E-state index < -0.39 is 0 Å². The molecule has 0 bridgehead atoms. The van der Waals surface area contributed by atoms with Gasteiger partial charge < -0.3 is 10.0 Å². The molecule has 1 aromatic rings. The van der Waals surface area contributed by atoms with Crippen molar-refractivity contribution < 1.29 is 9.90 Å². The number of carbonyl (C=O) groups excluding carboxylic acids is 1. The van der Waals surface area contributed by atoms with Crippen molar-refractivity contribution in [1.82, 2.24) is 4.90 Å². The van der Waals surface area contributed by atoms with Crippen LogP contribution in [-0.4, -0.2) is 36.1 Å². The summed E-state index contributed by atoms with van der Waals surface area (Å²) in [6.45, 7) is 4.99. The molecule has 1 N–H and O–H groups in total. The second kappa shape index (κ2) is 7.20. The Morgan fingerprint density at radius 1 is 1.56 bits per heavy atom. The molecular formula is C14H19NO2S. The molecule has 0 aliphatic carbocycles. The average Bonchev–Trinajstić information content (AvgIpc) is 2.76. The third-order valence-corrected chi connectivity index (χ3v) is 3.13. The van der Waals surface area contributed by atoms with E-state index in [4.69, 9.17) is 5.11 Å². The van der Waals surface area contributed by atoms with Crippen LogP contribution in [0.1, 0.15) is 35.5 Å². The average molecular weight is 265 g/mol. The Morgan fingerprint density at radius 3 is 2.89 bits per heavy atom. The first-order valence-electron chi connectivity index (χ1n) is 5.98. The molecule has 4 heteroatoms. The summed E-state index contributed by atoms with van der Waals surface area (Å²) < 4.78 is 0. The topological polar surface area (TPSA) is 40.5 Å². The van der Waals surface area contributed by atoms with Crippen molar-refractivity contribution in [1.29, 1.82) is 0 Å². The molecule has 18 heavy (non-hydrogen) atoms. The molecule has 0 atom stereocenters. The molecule has 0 saturated heterocycles. The zero-order valence-electron chi connectivity index (χ0n) is 11.1. The van der Waals surface area contributed by atoms with Crippen LogP contribution in [0, 0.1) is 17.8 Å². The molecular weight excluding hydrogens is 246 g/mol. The number of hydrogen-bond donors (Lipinski definition) is 1. The molecule has 0 radical (unpaired) electrons. The van der Waals surface area contributed by atoms with Crippen LogP contribution in [0.3, 0.4) is 0 Å². The fourth-order valence-corrected chi connectivity index (χ4v) is 2.32. The summed E-state index contributed by atoms with van der Waals surface area (Å²) in [5.41, 5.74) is 0.691. The van der Waals surface area contributed by atoms with Crippen molar-refractivity contribution in [3.05, 3.63) is 21.9 Å². The predicted molar refractivity (Wildman–Crippen MR) is 74.7 cm³/mol. The van der Waals surface area contributed by atoms with Crippen LogP contribution in [0.4, 0.5) is 0 Å². The van der Waals surface area contributed by atoms with Crippen LogP contribution < -0.4 is 0 Å². The zero-order chi connectivity index (χ0) is 13.5. The first-order chi connectivity index (χ1) is 8.54. The van der Waals surface area contributed by atoms with Gasteiger partial charge >= 0.3 is 0 Å². The number of rotatable bonds is 4. The lowest BCUT2D eigenvalue weighted by atomic mass is 10.2. The minimum Gasteiger partial charge on any atom is -0.395 e. The molecule has 0 aliphatic heterocycles. The molecule has 3 nitrogen and oxygen atoms in total. The smallest absolute Gasteiger partial charge is 0.254 e. The van der Waals surface area contributed by atoms with Gasteiger partial charge in [-0.15, -0.1) is 11.3 Å². The van der Waals surface area contributed by atoms with Gasteiger partial charge in [-0.1, -0.05) is 25.7 Å². The highest BCUT2D eigenvalue weighted by atomic mass is 32.1. The van der Waals surface area contributed by atoms with E-state index >= 15 is 0 Å². The summed E-state index contributed by atoms with van der Waals surface area (Å²) in [7, 11) is 1.82. The lowest BCUT2D eigenvalue weighted by Crippen LogP contribution is -2.29. The maximum absolute atomic E-state index is 12.1. The monoisotopic (exact) mass is 265 g/mol. The van der Waals surface area contributed by atoms with Gasteiger partial charge in [0.25, 0.3) is 5.91 Å². The van der Waals surface area contributed by atoms with E-state index in [2.05, 4.69) is 25.7 Å². The van der Waals surface area contributed by atoms with Gasteiger partial charge in [-0.05, 0) is 12.0 Å². The van der Waals surface area contributed by atoms with Crippen LogP contribution in [0.2, 0.25) is 0 Å². The number of aliphatic hydroxyl groups excluding tert-OH is 1. The minimum atomic E-state index is 0.0372. The zero-order valence-corrected chi connectivity index (χ0v) is 11.9. The van der Waals surface area contributed by atoms with Crippen LogP contribution in [0.5, 0.6) is 0 Å². The molecule has 1 amide bonds. The van der Waals surface area contributed by atoms with Crippen molar-refractivity contribution in [2.24, 2.45) is 5.92 Å². The Bertz CT molecular complexity index is 454. The summed E-state index contributed by atoms with van der Waals surface area (Å²) in [6.07, 6.45) is 0.467. The van der Waals surface area contributed by atoms with Gasteiger partial charge in [-0.3, -0.25) is 4.79 Å². The summed E-state index contributed by atoms with van der Waals surface area (Å²) >= 11 is 1.46. The molecule has 0 unspecified atom stereocenters. The van der Waals surface area contributed by atoms with E-state index in [1.807, 2.05) is 18.5 Å². The Kier molecular flexibility index (Phi) is 5.90. The molecule has 1 heterocycles. The molecule has 0 spiro atoms. The molecule has 98 valence electrons. The Balaban J connectivity index is 2.68. The van der Waals surface area contributed by atoms with E-state index in [-0.39, 0.29) is 12.5 Å². The highest BCUT2D eigenvalue weighted by Gasteiger charge is 2.14. The second-order valence-corrected chi connectivity index (χ2v) is 5.47. The molecule has 0 aromatic carbocycles. The number of thiophene rings is 1. The summed E-state index contributed by atoms with van der Waals surface area (Å²) in [5, 5.41) is 10.5. The molecule has 0 fully saturated rings. The largest absolute Gasteiger partial charge is 0.395 e. The van der Waals surface area contributed by atoms with Gasteiger partial charge in [-0.2, -0.15) is 0 Å². The maximum Gasteiger partial charge on any atom is 0.254 e. The number of hydrogen-bond acceptors (Lipinski definition) is 3. The molecule has 1 rings (SSSR count). The summed E-state index contributed by atoms with van der Waals surface area (Å²) in [6, 6.07) is 1.81. The molecule has 1 aromatic heterocycles. The standard InChI is InChI=1S/C14H19NO2S/c1-11(2)9-15(3)14(17)12-8-13(18-10-12)6-4-5-7-16/h8,10-11,16H,5,7,9H2,1-3H3. The van der Waals surface area contributed by atoms with Gasteiger partial charge in [0.05, 0.1) is 17.0 Å². The van der Waals surface area contributed by atoms with Gasteiger partial charge in [0.15, 0.2) is 0 Å². The molecule has 0 aliphatic rings. The van der Waals surface area contributed by atoms with Crippen molar-refractivity contribution in [2.45, 2.75) is 20.3 Å².